The first-order chi connectivity index (χ1) is 13.2. The van der Waals surface area contributed by atoms with Crippen molar-refractivity contribution in [2.75, 3.05) is 30.6 Å². The summed E-state index contributed by atoms with van der Waals surface area (Å²) >= 11 is 2.72. The minimum Gasteiger partial charge on any atom is -0.497 e. The number of nitrogens with zero attached hydrogens (tertiary/aromatic N) is 2. The summed E-state index contributed by atoms with van der Waals surface area (Å²) in [5.74, 6) is 1.26. The molecule has 9 heteroatoms. The van der Waals surface area contributed by atoms with Crippen LogP contribution in [0.2, 0.25) is 0 Å². The molecule has 1 heterocycles. The van der Waals surface area contributed by atoms with Crippen LogP contribution in [-0.4, -0.2) is 36.1 Å². The Morgan fingerprint density at radius 2 is 1.93 bits per heavy atom. The van der Waals surface area contributed by atoms with Gasteiger partial charge in [0.05, 0.1) is 25.7 Å². The van der Waals surface area contributed by atoms with Crippen LogP contribution in [0.15, 0.2) is 52.9 Å². The van der Waals surface area contributed by atoms with Gasteiger partial charge in [-0.3, -0.25) is 4.79 Å². The van der Waals surface area contributed by atoms with E-state index in [1.807, 2.05) is 30.3 Å². The summed E-state index contributed by atoms with van der Waals surface area (Å²) in [4.78, 5) is 12.2. The topological polar surface area (TPSA) is 85.4 Å². The maximum Gasteiger partial charge on any atom is 0.234 e. The van der Waals surface area contributed by atoms with Gasteiger partial charge in [-0.1, -0.05) is 41.3 Å². The lowest BCUT2D eigenvalue weighted by molar-refractivity contribution is -0.113. The number of benzene rings is 2. The number of carbonyl (C=O) groups is 1. The van der Waals surface area contributed by atoms with Crippen molar-refractivity contribution in [3.63, 3.8) is 0 Å². The van der Waals surface area contributed by atoms with Gasteiger partial charge < -0.3 is 20.1 Å². The van der Waals surface area contributed by atoms with Crippen molar-refractivity contribution < 1.29 is 14.3 Å². The molecule has 3 rings (SSSR count). The van der Waals surface area contributed by atoms with Gasteiger partial charge in [-0.15, -0.1) is 10.2 Å². The highest BCUT2D eigenvalue weighted by Gasteiger charge is 2.11. The van der Waals surface area contributed by atoms with Gasteiger partial charge in [-0.2, -0.15) is 0 Å². The van der Waals surface area contributed by atoms with E-state index in [0.717, 1.165) is 5.69 Å². The first-order valence-corrected chi connectivity index (χ1v) is 9.78. The number of para-hydroxylation sites is 1. The lowest BCUT2D eigenvalue weighted by Crippen LogP contribution is -2.14. The molecule has 0 unspecified atom stereocenters. The zero-order chi connectivity index (χ0) is 19.1. The number of anilines is 3. The van der Waals surface area contributed by atoms with Crippen molar-refractivity contribution in [3.8, 4) is 11.5 Å². The number of hydrogen-bond donors (Lipinski definition) is 2. The monoisotopic (exact) mass is 402 g/mol. The number of aromatic nitrogens is 2. The van der Waals surface area contributed by atoms with E-state index in [0.29, 0.717) is 26.7 Å². The first-order valence-electron chi connectivity index (χ1n) is 7.98. The zero-order valence-corrected chi connectivity index (χ0v) is 16.4. The number of nitrogens with one attached hydrogen (secondary N) is 2. The van der Waals surface area contributed by atoms with Crippen LogP contribution in [0.5, 0.6) is 11.5 Å². The fraction of sp³-hybridized carbons (Fsp3) is 0.167. The van der Waals surface area contributed by atoms with Crippen molar-refractivity contribution in [3.05, 3.63) is 48.5 Å². The third-order valence-corrected chi connectivity index (χ3v) is 5.41. The molecule has 0 radical (unpaired) electrons. The van der Waals surface area contributed by atoms with E-state index in [9.17, 15) is 4.79 Å². The van der Waals surface area contributed by atoms with Crippen LogP contribution in [0.4, 0.5) is 16.5 Å². The third-order valence-electron chi connectivity index (χ3n) is 3.44. The van der Waals surface area contributed by atoms with Gasteiger partial charge in [0.15, 0.2) is 4.34 Å². The second kappa shape index (κ2) is 9.24. The quantitative estimate of drug-likeness (QED) is 0.550. The van der Waals surface area contributed by atoms with Crippen LogP contribution in [0.3, 0.4) is 0 Å². The van der Waals surface area contributed by atoms with E-state index in [1.165, 1.54) is 23.1 Å². The zero-order valence-electron chi connectivity index (χ0n) is 14.8. The maximum absolute atomic E-state index is 12.2. The molecule has 1 amide bonds. The molecule has 0 saturated heterocycles. The molecule has 0 bridgehead atoms. The Balaban J connectivity index is 1.54. The molecule has 0 saturated carbocycles. The molecule has 27 heavy (non-hydrogen) atoms. The van der Waals surface area contributed by atoms with E-state index in [1.54, 1.807) is 32.4 Å². The summed E-state index contributed by atoms with van der Waals surface area (Å²) in [5.41, 5.74) is 1.53. The smallest absolute Gasteiger partial charge is 0.234 e. The van der Waals surface area contributed by atoms with Crippen LogP contribution in [0.1, 0.15) is 0 Å². The second-order valence-corrected chi connectivity index (χ2v) is 7.47. The molecule has 3 aromatic rings. The van der Waals surface area contributed by atoms with Crippen LogP contribution < -0.4 is 20.1 Å². The summed E-state index contributed by atoms with van der Waals surface area (Å²) in [5, 5.41) is 14.9. The average molecular weight is 403 g/mol. The van der Waals surface area contributed by atoms with Crippen LogP contribution in [-0.2, 0) is 4.79 Å². The Kier molecular flexibility index (Phi) is 6.50. The molecule has 0 spiro atoms. The Labute approximate surface area is 165 Å². The average Bonchev–Trinajstić information content (AvgIpc) is 3.15. The summed E-state index contributed by atoms with van der Waals surface area (Å²) in [6.45, 7) is 0. The summed E-state index contributed by atoms with van der Waals surface area (Å²) < 4.78 is 11.1. The highest BCUT2D eigenvalue weighted by molar-refractivity contribution is 8.01. The summed E-state index contributed by atoms with van der Waals surface area (Å²) in [6.07, 6.45) is 0. The lowest BCUT2D eigenvalue weighted by atomic mass is 10.2. The van der Waals surface area contributed by atoms with E-state index < -0.39 is 0 Å². The van der Waals surface area contributed by atoms with Crippen molar-refractivity contribution in [1.82, 2.24) is 10.2 Å². The van der Waals surface area contributed by atoms with E-state index >= 15 is 0 Å². The largest absolute Gasteiger partial charge is 0.497 e. The van der Waals surface area contributed by atoms with E-state index in [4.69, 9.17) is 9.47 Å². The molecule has 0 fully saturated rings. The Bertz CT molecular complexity index is 903. The second-order valence-electron chi connectivity index (χ2n) is 5.27. The standard InChI is InChI=1S/C18H18N4O3S2/c1-24-13-8-9-14(15(10-13)25-2)20-16(23)11-26-18-22-21-17(27-18)19-12-6-4-3-5-7-12/h3-10H,11H2,1-2H3,(H,19,21)(H,20,23). The molecular weight excluding hydrogens is 384 g/mol. The molecule has 2 aromatic carbocycles. The van der Waals surface area contributed by atoms with Gasteiger partial charge in [0.2, 0.25) is 11.0 Å². The van der Waals surface area contributed by atoms with Gasteiger partial charge in [-0.05, 0) is 24.3 Å². The number of methoxy groups -OCH3 is 2. The maximum atomic E-state index is 12.2. The van der Waals surface area contributed by atoms with Gasteiger partial charge in [0, 0.05) is 11.8 Å². The molecule has 0 aliphatic carbocycles. The minimum atomic E-state index is -0.156. The predicted molar refractivity (Wildman–Crippen MR) is 109 cm³/mol. The molecule has 0 aliphatic rings. The number of thioether (sulfide) groups is 1. The normalized spacial score (nSPS) is 10.3. The lowest BCUT2D eigenvalue weighted by Gasteiger charge is -2.11. The molecule has 140 valence electrons. The molecule has 1 aromatic heterocycles. The number of hydrogen-bond acceptors (Lipinski definition) is 8. The van der Waals surface area contributed by atoms with Crippen molar-refractivity contribution in [2.24, 2.45) is 0 Å². The number of carbonyl (C=O) groups excluding carboxylic acids is 1. The van der Waals surface area contributed by atoms with Crippen molar-refractivity contribution in [2.45, 2.75) is 4.34 Å². The van der Waals surface area contributed by atoms with Crippen molar-refractivity contribution >= 4 is 45.5 Å². The summed E-state index contributed by atoms with van der Waals surface area (Å²) in [7, 11) is 3.12. The van der Waals surface area contributed by atoms with E-state index in [-0.39, 0.29) is 11.7 Å². The van der Waals surface area contributed by atoms with Crippen LogP contribution in [0.25, 0.3) is 0 Å². The molecule has 0 aliphatic heterocycles. The fourth-order valence-electron chi connectivity index (χ4n) is 2.18. The Morgan fingerprint density at radius 1 is 1.11 bits per heavy atom. The van der Waals surface area contributed by atoms with E-state index in [2.05, 4.69) is 20.8 Å². The molecule has 0 atom stereocenters. The SMILES string of the molecule is COc1ccc(NC(=O)CSc2nnc(Nc3ccccc3)s2)c(OC)c1. The predicted octanol–water partition coefficient (Wildman–Crippen LogP) is 4.03. The van der Waals surface area contributed by atoms with Crippen LogP contribution >= 0.6 is 23.1 Å². The molecular formula is C18H18N4O3S2. The first kappa shape index (κ1) is 19.0. The number of ether oxygens (including phenoxy) is 2. The number of rotatable bonds is 8. The van der Waals surface area contributed by atoms with Gasteiger partial charge in [0.25, 0.3) is 0 Å². The third kappa shape index (κ3) is 5.35. The van der Waals surface area contributed by atoms with Gasteiger partial charge in [0.1, 0.15) is 11.5 Å². The van der Waals surface area contributed by atoms with Crippen LogP contribution in [0, 0.1) is 0 Å². The summed E-state index contributed by atoms with van der Waals surface area (Å²) in [6, 6.07) is 14.9. The highest BCUT2D eigenvalue weighted by atomic mass is 32.2. The molecule has 2 N–H and O–H groups in total. The fourth-order valence-corrected chi connectivity index (χ4v) is 3.75. The number of amides is 1. The van der Waals surface area contributed by atoms with Crippen molar-refractivity contribution in [1.29, 1.82) is 0 Å². The Morgan fingerprint density at radius 3 is 2.67 bits per heavy atom. The van der Waals surface area contributed by atoms with Gasteiger partial charge in [-0.25, -0.2) is 0 Å². The minimum absolute atomic E-state index is 0.156. The highest BCUT2D eigenvalue weighted by Crippen LogP contribution is 2.30. The Hall–Kier alpha value is -2.78. The van der Waals surface area contributed by atoms with Gasteiger partial charge >= 0.3 is 0 Å². The molecule has 7 nitrogen and oxygen atoms in total.